The molecule has 0 fully saturated rings. The lowest BCUT2D eigenvalue weighted by molar-refractivity contribution is -0.140. The van der Waals surface area contributed by atoms with E-state index in [1.165, 1.54) is 12.1 Å². The van der Waals surface area contributed by atoms with Crippen LogP contribution in [0.3, 0.4) is 0 Å². The lowest BCUT2D eigenvalue weighted by atomic mass is 9.89. The molecule has 4 nitrogen and oxygen atoms in total. The Bertz CT molecular complexity index is 1470. The first-order valence-corrected chi connectivity index (χ1v) is 13.7. The van der Waals surface area contributed by atoms with Crippen LogP contribution in [0.2, 0.25) is 0 Å². The zero-order valence-corrected chi connectivity index (χ0v) is 23.3. The molecule has 42 heavy (non-hydrogen) atoms. The van der Waals surface area contributed by atoms with Crippen molar-refractivity contribution in [3.63, 3.8) is 0 Å². The number of ether oxygens (including phenoxy) is 1. The minimum Gasteiger partial charge on any atom is -0.494 e. The van der Waals surface area contributed by atoms with Crippen LogP contribution in [0, 0.1) is 12.7 Å². The number of rotatable bonds is 13. The highest BCUT2D eigenvalue weighted by molar-refractivity contribution is 5.70. The van der Waals surface area contributed by atoms with Crippen molar-refractivity contribution in [2.45, 2.75) is 38.4 Å². The summed E-state index contributed by atoms with van der Waals surface area (Å²) in [5, 5.41) is 9.05. The number of hydrogen-bond donors (Lipinski definition) is 1. The minimum absolute atomic E-state index is 0.0149. The third-order valence-electron chi connectivity index (χ3n) is 7.01. The molecule has 220 valence electrons. The standard InChI is InChI=1S/C34H33F4NO3/c1-24-9-5-13-27(19-24)30(26-11-3-2-4-12-26)23-39(22-28-14-7-16-31(33(28)35)34(36,37)38)17-8-18-42-29-15-6-10-25(20-29)21-32(40)41/h2-7,9-16,19-20,30H,8,17-18,21-23H2,1H3,(H,40,41)/t30-/m1/s1. The number of benzene rings is 4. The van der Waals surface area contributed by atoms with Crippen LogP contribution < -0.4 is 4.74 Å². The summed E-state index contributed by atoms with van der Waals surface area (Å²) in [5.74, 6) is -1.76. The molecule has 4 aromatic rings. The van der Waals surface area contributed by atoms with E-state index in [0.29, 0.717) is 37.4 Å². The highest BCUT2D eigenvalue weighted by Gasteiger charge is 2.35. The Morgan fingerprint density at radius 1 is 0.905 bits per heavy atom. The van der Waals surface area contributed by atoms with Gasteiger partial charge < -0.3 is 9.84 Å². The van der Waals surface area contributed by atoms with Gasteiger partial charge in [0.25, 0.3) is 0 Å². The summed E-state index contributed by atoms with van der Waals surface area (Å²) in [6.45, 7) is 3.15. The maximum atomic E-state index is 15.1. The SMILES string of the molecule is Cc1cccc([C@H](CN(CCCOc2cccc(CC(=O)O)c2)Cc2cccc(C(F)(F)F)c2F)c2ccccc2)c1. The fraction of sp³-hybridized carbons (Fsp3) is 0.265. The number of hydrogen-bond acceptors (Lipinski definition) is 3. The molecule has 0 spiro atoms. The third kappa shape index (κ3) is 8.66. The molecule has 0 aliphatic carbocycles. The minimum atomic E-state index is -4.79. The van der Waals surface area contributed by atoms with Gasteiger partial charge in [-0.05, 0) is 48.2 Å². The Kier molecular flexibility index (Phi) is 10.4. The average Bonchev–Trinajstić information content (AvgIpc) is 2.94. The Labute approximate surface area is 243 Å². The largest absolute Gasteiger partial charge is 0.494 e. The van der Waals surface area contributed by atoms with E-state index in [9.17, 15) is 18.0 Å². The van der Waals surface area contributed by atoms with Crippen LogP contribution in [0.15, 0.2) is 97.1 Å². The van der Waals surface area contributed by atoms with Gasteiger partial charge in [0, 0.05) is 31.1 Å². The second kappa shape index (κ2) is 14.1. The maximum Gasteiger partial charge on any atom is 0.419 e. The van der Waals surface area contributed by atoms with Gasteiger partial charge in [0.05, 0.1) is 18.6 Å². The van der Waals surface area contributed by atoms with Crippen molar-refractivity contribution in [2.24, 2.45) is 0 Å². The first kappa shape index (κ1) is 30.8. The van der Waals surface area contributed by atoms with Crippen molar-refractivity contribution >= 4 is 5.97 Å². The quantitative estimate of drug-likeness (QED) is 0.129. The van der Waals surface area contributed by atoms with E-state index in [2.05, 4.69) is 6.07 Å². The number of nitrogens with zero attached hydrogens (tertiary/aromatic N) is 1. The third-order valence-corrected chi connectivity index (χ3v) is 7.01. The molecule has 0 amide bonds. The number of aryl methyl sites for hydroxylation is 1. The molecule has 1 N–H and O–H groups in total. The van der Waals surface area contributed by atoms with Crippen molar-refractivity contribution in [1.82, 2.24) is 4.90 Å². The summed E-state index contributed by atoms with van der Waals surface area (Å²) in [4.78, 5) is 13.0. The molecule has 0 aromatic heterocycles. The zero-order valence-electron chi connectivity index (χ0n) is 23.3. The van der Waals surface area contributed by atoms with Crippen molar-refractivity contribution in [3.8, 4) is 5.75 Å². The van der Waals surface area contributed by atoms with Gasteiger partial charge in [0.2, 0.25) is 0 Å². The van der Waals surface area contributed by atoms with Gasteiger partial charge in [-0.2, -0.15) is 13.2 Å². The molecule has 4 aromatic carbocycles. The maximum absolute atomic E-state index is 15.1. The number of alkyl halides is 3. The highest BCUT2D eigenvalue weighted by Crippen LogP contribution is 2.33. The van der Waals surface area contributed by atoms with Gasteiger partial charge in [-0.15, -0.1) is 0 Å². The Balaban J connectivity index is 1.56. The van der Waals surface area contributed by atoms with Crippen LogP contribution in [-0.2, 0) is 23.9 Å². The van der Waals surface area contributed by atoms with E-state index in [0.717, 1.165) is 22.8 Å². The van der Waals surface area contributed by atoms with Gasteiger partial charge in [-0.3, -0.25) is 9.69 Å². The van der Waals surface area contributed by atoms with Crippen LogP contribution in [-0.4, -0.2) is 35.7 Å². The first-order chi connectivity index (χ1) is 20.1. The zero-order chi connectivity index (χ0) is 30.1. The van der Waals surface area contributed by atoms with E-state index >= 15 is 4.39 Å². The summed E-state index contributed by atoms with van der Waals surface area (Å²) < 4.78 is 61.3. The molecule has 0 saturated carbocycles. The molecule has 0 radical (unpaired) electrons. The fourth-order valence-electron chi connectivity index (χ4n) is 5.03. The van der Waals surface area contributed by atoms with Gasteiger partial charge in [0.15, 0.2) is 0 Å². The van der Waals surface area contributed by atoms with Crippen molar-refractivity contribution in [2.75, 3.05) is 19.7 Å². The normalized spacial score (nSPS) is 12.3. The molecular formula is C34H33F4NO3. The van der Waals surface area contributed by atoms with E-state index in [1.807, 2.05) is 60.4 Å². The Morgan fingerprint density at radius 3 is 2.33 bits per heavy atom. The summed E-state index contributed by atoms with van der Waals surface area (Å²) >= 11 is 0. The summed E-state index contributed by atoms with van der Waals surface area (Å²) in [5.41, 5.74) is 2.50. The number of halogens is 4. The van der Waals surface area contributed by atoms with Gasteiger partial charge in [-0.25, -0.2) is 4.39 Å². The van der Waals surface area contributed by atoms with Crippen molar-refractivity contribution < 1.29 is 32.2 Å². The smallest absolute Gasteiger partial charge is 0.419 e. The monoisotopic (exact) mass is 579 g/mol. The molecule has 1 atom stereocenters. The lowest BCUT2D eigenvalue weighted by Gasteiger charge is -2.29. The van der Waals surface area contributed by atoms with Crippen LogP contribution in [0.25, 0.3) is 0 Å². The van der Waals surface area contributed by atoms with Gasteiger partial charge >= 0.3 is 12.1 Å². The van der Waals surface area contributed by atoms with Crippen LogP contribution in [0.5, 0.6) is 5.75 Å². The van der Waals surface area contributed by atoms with Crippen LogP contribution >= 0.6 is 0 Å². The van der Waals surface area contributed by atoms with Gasteiger partial charge in [-0.1, -0.05) is 84.4 Å². The molecule has 0 aliphatic heterocycles. The topological polar surface area (TPSA) is 49.8 Å². The van der Waals surface area contributed by atoms with Crippen molar-refractivity contribution in [1.29, 1.82) is 0 Å². The van der Waals surface area contributed by atoms with Gasteiger partial charge in [0.1, 0.15) is 11.6 Å². The lowest BCUT2D eigenvalue weighted by Crippen LogP contribution is -2.31. The van der Waals surface area contributed by atoms with Crippen molar-refractivity contribution in [3.05, 3.63) is 136 Å². The predicted molar refractivity (Wildman–Crippen MR) is 154 cm³/mol. The number of aliphatic carboxylic acids is 1. The number of carboxylic acid groups (broad SMARTS) is 1. The molecular weight excluding hydrogens is 546 g/mol. The Morgan fingerprint density at radius 2 is 1.62 bits per heavy atom. The molecule has 0 aliphatic rings. The summed E-state index contributed by atoms with van der Waals surface area (Å²) in [6, 6.07) is 28.2. The molecule has 0 bridgehead atoms. The molecule has 0 unspecified atom stereocenters. The number of carboxylic acids is 1. The van der Waals surface area contributed by atoms with E-state index in [4.69, 9.17) is 9.84 Å². The summed E-state index contributed by atoms with van der Waals surface area (Å²) in [6.07, 6.45) is -4.39. The van der Waals surface area contributed by atoms with Crippen LogP contribution in [0.1, 0.15) is 45.7 Å². The number of carbonyl (C=O) groups is 1. The fourth-order valence-corrected chi connectivity index (χ4v) is 5.03. The van der Waals surface area contributed by atoms with Crippen LogP contribution in [0.4, 0.5) is 17.6 Å². The second-order valence-electron chi connectivity index (χ2n) is 10.3. The van der Waals surface area contributed by atoms with E-state index < -0.39 is 23.5 Å². The Hall–Kier alpha value is -4.17. The first-order valence-electron chi connectivity index (χ1n) is 13.7. The van der Waals surface area contributed by atoms with E-state index in [1.54, 1.807) is 24.3 Å². The highest BCUT2D eigenvalue weighted by atomic mass is 19.4. The molecule has 4 rings (SSSR count). The molecule has 0 saturated heterocycles. The predicted octanol–water partition coefficient (Wildman–Crippen LogP) is 7.88. The molecule has 8 heteroatoms. The summed E-state index contributed by atoms with van der Waals surface area (Å²) in [7, 11) is 0. The average molecular weight is 580 g/mol. The van der Waals surface area contributed by atoms with E-state index in [-0.39, 0.29) is 24.4 Å². The molecule has 0 heterocycles. The second-order valence-corrected chi connectivity index (χ2v) is 10.3.